The summed E-state index contributed by atoms with van der Waals surface area (Å²) in [5.41, 5.74) is 8.38. The Labute approximate surface area is 122 Å². The van der Waals surface area contributed by atoms with Gasteiger partial charge in [0, 0.05) is 36.9 Å². The van der Waals surface area contributed by atoms with Crippen molar-refractivity contribution in [3.8, 4) is 0 Å². The third-order valence-electron chi connectivity index (χ3n) is 3.94. The van der Waals surface area contributed by atoms with Crippen molar-refractivity contribution in [3.63, 3.8) is 0 Å². The molecule has 2 N–H and O–H groups in total. The SMILES string of the molecule is Cc1nn(C(C)C)cc1CN1CCCCC1CN.Cl. The van der Waals surface area contributed by atoms with Crippen LogP contribution >= 0.6 is 12.4 Å². The number of piperidine rings is 1. The lowest BCUT2D eigenvalue weighted by Gasteiger charge is -2.34. The highest BCUT2D eigenvalue weighted by Gasteiger charge is 2.22. The molecule has 19 heavy (non-hydrogen) atoms. The maximum Gasteiger partial charge on any atom is 0.0638 e. The zero-order valence-corrected chi connectivity index (χ0v) is 13.1. The van der Waals surface area contributed by atoms with Crippen LogP contribution in [0.2, 0.25) is 0 Å². The summed E-state index contributed by atoms with van der Waals surface area (Å²) in [5, 5.41) is 4.59. The van der Waals surface area contributed by atoms with Gasteiger partial charge >= 0.3 is 0 Å². The molecule has 2 rings (SSSR count). The molecule has 0 amide bonds. The summed E-state index contributed by atoms with van der Waals surface area (Å²) in [6.45, 7) is 9.39. The molecule has 1 aliphatic rings. The van der Waals surface area contributed by atoms with Crippen molar-refractivity contribution in [1.82, 2.24) is 14.7 Å². The highest BCUT2D eigenvalue weighted by molar-refractivity contribution is 5.85. The van der Waals surface area contributed by atoms with Crippen molar-refractivity contribution in [2.24, 2.45) is 5.73 Å². The molecule has 0 spiro atoms. The van der Waals surface area contributed by atoms with Gasteiger partial charge in [-0.15, -0.1) is 12.4 Å². The lowest BCUT2D eigenvalue weighted by molar-refractivity contribution is 0.144. The molecule has 110 valence electrons. The van der Waals surface area contributed by atoms with Crippen LogP contribution in [0.4, 0.5) is 0 Å². The van der Waals surface area contributed by atoms with Gasteiger partial charge < -0.3 is 5.73 Å². The van der Waals surface area contributed by atoms with Crippen molar-refractivity contribution in [2.45, 2.75) is 58.7 Å². The summed E-state index contributed by atoms with van der Waals surface area (Å²) in [4.78, 5) is 2.53. The second-order valence-electron chi connectivity index (χ2n) is 5.67. The predicted octanol–water partition coefficient (Wildman–Crippen LogP) is 2.51. The number of likely N-dealkylation sites (tertiary alicyclic amines) is 1. The van der Waals surface area contributed by atoms with Gasteiger partial charge in [-0.3, -0.25) is 9.58 Å². The molecule has 1 atom stereocenters. The van der Waals surface area contributed by atoms with Gasteiger partial charge in [0.05, 0.1) is 5.69 Å². The van der Waals surface area contributed by atoms with Crippen molar-refractivity contribution in [2.75, 3.05) is 13.1 Å². The Bertz CT molecular complexity index is 389. The molecule has 0 radical (unpaired) electrons. The van der Waals surface area contributed by atoms with Crippen molar-refractivity contribution in [3.05, 3.63) is 17.5 Å². The van der Waals surface area contributed by atoms with Crippen LogP contribution in [-0.4, -0.2) is 33.8 Å². The lowest BCUT2D eigenvalue weighted by atomic mass is 10.0. The second kappa shape index (κ2) is 7.27. The predicted molar refractivity (Wildman–Crippen MR) is 81.7 cm³/mol. The van der Waals surface area contributed by atoms with E-state index in [0.29, 0.717) is 12.1 Å². The monoisotopic (exact) mass is 286 g/mol. The Morgan fingerprint density at radius 1 is 1.42 bits per heavy atom. The summed E-state index contributed by atoms with van der Waals surface area (Å²) in [6.07, 6.45) is 6.06. The van der Waals surface area contributed by atoms with Crippen LogP contribution in [0.15, 0.2) is 6.20 Å². The number of aromatic nitrogens is 2. The molecule has 1 saturated heterocycles. The third-order valence-corrected chi connectivity index (χ3v) is 3.94. The lowest BCUT2D eigenvalue weighted by Crippen LogP contribution is -2.43. The molecule has 4 nitrogen and oxygen atoms in total. The van der Waals surface area contributed by atoms with Gasteiger partial charge in [0.2, 0.25) is 0 Å². The van der Waals surface area contributed by atoms with Crippen LogP contribution in [0.25, 0.3) is 0 Å². The molecular formula is C14H27ClN4. The molecule has 0 aromatic carbocycles. The van der Waals surface area contributed by atoms with Crippen molar-refractivity contribution in [1.29, 1.82) is 0 Å². The van der Waals surface area contributed by atoms with Gasteiger partial charge in [-0.1, -0.05) is 6.42 Å². The number of hydrogen-bond donors (Lipinski definition) is 1. The molecule has 1 aliphatic heterocycles. The van der Waals surface area contributed by atoms with E-state index in [1.54, 1.807) is 0 Å². The number of rotatable bonds is 4. The minimum absolute atomic E-state index is 0. The van der Waals surface area contributed by atoms with Gasteiger partial charge in [-0.25, -0.2) is 0 Å². The van der Waals surface area contributed by atoms with Crippen LogP contribution in [0.5, 0.6) is 0 Å². The van der Waals surface area contributed by atoms with Crippen LogP contribution in [0.1, 0.15) is 50.4 Å². The summed E-state index contributed by atoms with van der Waals surface area (Å²) in [5.74, 6) is 0. The topological polar surface area (TPSA) is 47.1 Å². The van der Waals surface area contributed by atoms with E-state index >= 15 is 0 Å². The minimum atomic E-state index is 0. The fourth-order valence-electron chi connectivity index (χ4n) is 2.69. The molecule has 1 aromatic heterocycles. The highest BCUT2D eigenvalue weighted by Crippen LogP contribution is 2.20. The van der Waals surface area contributed by atoms with E-state index in [1.807, 2.05) is 0 Å². The Morgan fingerprint density at radius 3 is 2.74 bits per heavy atom. The molecule has 1 fully saturated rings. The first-order valence-corrected chi connectivity index (χ1v) is 7.10. The first-order chi connectivity index (χ1) is 8.61. The number of nitrogens with zero attached hydrogens (tertiary/aromatic N) is 3. The quantitative estimate of drug-likeness (QED) is 0.925. The third kappa shape index (κ3) is 3.94. The average molecular weight is 287 g/mol. The molecule has 1 aromatic rings. The van der Waals surface area contributed by atoms with Crippen LogP contribution in [0.3, 0.4) is 0 Å². The number of hydrogen-bond acceptors (Lipinski definition) is 3. The second-order valence-corrected chi connectivity index (χ2v) is 5.67. The van der Waals surface area contributed by atoms with Gasteiger partial charge in [-0.2, -0.15) is 5.10 Å². The molecule has 5 heteroatoms. The summed E-state index contributed by atoms with van der Waals surface area (Å²) in [6, 6.07) is 0.990. The molecule has 0 saturated carbocycles. The maximum absolute atomic E-state index is 5.88. The normalized spacial score (nSPS) is 20.6. The minimum Gasteiger partial charge on any atom is -0.329 e. The zero-order valence-electron chi connectivity index (χ0n) is 12.3. The van der Waals surface area contributed by atoms with E-state index in [9.17, 15) is 0 Å². The molecule has 0 aliphatic carbocycles. The first-order valence-electron chi connectivity index (χ1n) is 7.10. The van der Waals surface area contributed by atoms with Gasteiger partial charge in [-0.05, 0) is 40.2 Å². The number of nitrogens with two attached hydrogens (primary N) is 1. The van der Waals surface area contributed by atoms with E-state index in [1.165, 1.54) is 31.4 Å². The molecule has 2 heterocycles. The van der Waals surface area contributed by atoms with E-state index in [0.717, 1.165) is 18.8 Å². The fourth-order valence-corrected chi connectivity index (χ4v) is 2.69. The van der Waals surface area contributed by atoms with Gasteiger partial charge in [0.1, 0.15) is 0 Å². The Hall–Kier alpha value is -0.580. The first kappa shape index (κ1) is 16.5. The summed E-state index contributed by atoms with van der Waals surface area (Å²) >= 11 is 0. The van der Waals surface area contributed by atoms with Crippen LogP contribution in [0, 0.1) is 6.92 Å². The van der Waals surface area contributed by atoms with Gasteiger partial charge in [0.25, 0.3) is 0 Å². The Kier molecular flexibility index (Phi) is 6.30. The highest BCUT2D eigenvalue weighted by atomic mass is 35.5. The van der Waals surface area contributed by atoms with Crippen molar-refractivity contribution < 1.29 is 0 Å². The smallest absolute Gasteiger partial charge is 0.0638 e. The maximum atomic E-state index is 5.88. The van der Waals surface area contributed by atoms with E-state index in [-0.39, 0.29) is 12.4 Å². The Balaban J connectivity index is 0.00000180. The van der Waals surface area contributed by atoms with E-state index < -0.39 is 0 Å². The molecule has 1 unspecified atom stereocenters. The Morgan fingerprint density at radius 2 is 2.16 bits per heavy atom. The van der Waals surface area contributed by atoms with Crippen LogP contribution < -0.4 is 5.73 Å². The van der Waals surface area contributed by atoms with E-state index in [2.05, 4.69) is 41.6 Å². The average Bonchev–Trinajstić information content (AvgIpc) is 2.72. The number of aryl methyl sites for hydroxylation is 1. The summed E-state index contributed by atoms with van der Waals surface area (Å²) in [7, 11) is 0. The fraction of sp³-hybridized carbons (Fsp3) is 0.786. The standard InChI is InChI=1S/C14H26N4.ClH/c1-11(2)18-10-13(12(3)16-18)9-17-7-5-4-6-14(17)8-15;/h10-11,14H,4-9,15H2,1-3H3;1H. The molecule has 0 bridgehead atoms. The van der Waals surface area contributed by atoms with E-state index in [4.69, 9.17) is 5.73 Å². The largest absolute Gasteiger partial charge is 0.329 e. The van der Waals surface area contributed by atoms with Crippen molar-refractivity contribution >= 4 is 12.4 Å². The zero-order chi connectivity index (χ0) is 13.1. The van der Waals surface area contributed by atoms with Crippen LogP contribution in [-0.2, 0) is 6.54 Å². The molecular weight excluding hydrogens is 260 g/mol. The number of halogens is 1. The summed E-state index contributed by atoms with van der Waals surface area (Å²) < 4.78 is 2.06. The van der Waals surface area contributed by atoms with Gasteiger partial charge in [0.15, 0.2) is 0 Å².